The lowest BCUT2D eigenvalue weighted by Crippen LogP contribution is -1.69. The first kappa shape index (κ1) is 13.0. The summed E-state index contributed by atoms with van der Waals surface area (Å²) >= 11 is 0. The fraction of sp³-hybridized carbons (Fsp3) is 0.700. The fourth-order valence-corrected chi connectivity index (χ4v) is 0.405. The molecule has 1 heteroatoms. The third-order valence-corrected chi connectivity index (χ3v) is 0.856. The van der Waals surface area contributed by atoms with Crippen LogP contribution in [-0.2, 0) is 0 Å². The highest BCUT2D eigenvalue weighted by Gasteiger charge is 1.72. The summed E-state index contributed by atoms with van der Waals surface area (Å²) in [7, 11) is 0. The number of unbranched alkanes of at least 4 members (excludes halogenated alkanes) is 1. The molecular weight excluding hydrogens is 134 g/mol. The molecule has 1 nitrogen and oxygen atoms in total. The molecule has 0 atom stereocenters. The van der Waals surface area contributed by atoms with Gasteiger partial charge in [0.05, 0.1) is 0 Å². The van der Waals surface area contributed by atoms with Crippen LogP contribution in [0.3, 0.4) is 0 Å². The Morgan fingerprint density at radius 3 is 2.18 bits per heavy atom. The molecule has 0 aliphatic rings. The maximum atomic E-state index is 4.07. The monoisotopic (exact) mass is 155 g/mol. The van der Waals surface area contributed by atoms with Crippen molar-refractivity contribution in [1.29, 1.82) is 0 Å². The Morgan fingerprint density at radius 1 is 1.27 bits per heavy atom. The van der Waals surface area contributed by atoms with Gasteiger partial charge in [-0.05, 0) is 20.3 Å². The fourth-order valence-electron chi connectivity index (χ4n) is 0.405. The van der Waals surface area contributed by atoms with Gasteiger partial charge in [0.15, 0.2) is 0 Å². The predicted molar refractivity (Wildman–Crippen MR) is 54.2 cm³/mol. The molecule has 0 aromatic carbocycles. The van der Waals surface area contributed by atoms with E-state index in [1.165, 1.54) is 12.0 Å². The number of allylic oxidation sites excluding steroid dienone is 1. The van der Waals surface area contributed by atoms with E-state index in [1.54, 1.807) is 0 Å². The molecule has 0 aliphatic carbocycles. The van der Waals surface area contributed by atoms with E-state index in [4.69, 9.17) is 0 Å². The summed E-state index contributed by atoms with van der Waals surface area (Å²) in [5.74, 6) is 0. The van der Waals surface area contributed by atoms with Crippen molar-refractivity contribution in [3.63, 3.8) is 0 Å². The number of aliphatic imine (C=N–C) groups is 1. The van der Waals surface area contributed by atoms with Crippen LogP contribution >= 0.6 is 0 Å². The van der Waals surface area contributed by atoms with Crippen LogP contribution < -0.4 is 0 Å². The van der Waals surface area contributed by atoms with Gasteiger partial charge < -0.3 is 0 Å². The molecule has 0 bridgehead atoms. The van der Waals surface area contributed by atoms with Gasteiger partial charge in [0.1, 0.15) is 0 Å². The first-order valence-corrected chi connectivity index (χ1v) is 4.42. The summed E-state index contributed by atoms with van der Waals surface area (Å²) in [4.78, 5) is 4.07. The smallest absolute Gasteiger partial charge is 0.0250 e. The van der Waals surface area contributed by atoms with E-state index in [1.807, 2.05) is 40.1 Å². The largest absolute Gasteiger partial charge is 0.269 e. The summed E-state index contributed by atoms with van der Waals surface area (Å²) in [6.45, 7) is 10.2. The van der Waals surface area contributed by atoms with Crippen LogP contribution in [0.4, 0.5) is 0 Å². The van der Waals surface area contributed by atoms with Crippen LogP contribution in [0, 0.1) is 0 Å². The maximum absolute atomic E-state index is 4.07. The van der Waals surface area contributed by atoms with Crippen molar-refractivity contribution >= 4 is 6.21 Å². The number of hydrogen-bond donors (Lipinski definition) is 0. The van der Waals surface area contributed by atoms with Gasteiger partial charge in [0, 0.05) is 12.4 Å². The molecule has 0 fully saturated rings. The lowest BCUT2D eigenvalue weighted by molar-refractivity contribution is 1.01. The topological polar surface area (TPSA) is 12.4 Å². The lowest BCUT2D eigenvalue weighted by atomic mass is 10.4. The molecule has 0 amide bonds. The van der Waals surface area contributed by atoms with E-state index in [2.05, 4.69) is 11.9 Å². The molecule has 0 radical (unpaired) electrons. The standard InChI is InChI=1S/C8H15N.C2H6/c1-4-5-6-9-7-8(2)3;1-2/h6-7H,4-5H2,1-3H3;1-2H3. The minimum absolute atomic E-state index is 1.09. The third-order valence-electron chi connectivity index (χ3n) is 0.856. The van der Waals surface area contributed by atoms with Crippen molar-refractivity contribution in [2.24, 2.45) is 4.99 Å². The molecular formula is C10H21N. The van der Waals surface area contributed by atoms with Crippen LogP contribution in [0.1, 0.15) is 47.5 Å². The first-order chi connectivity index (χ1) is 5.27. The average Bonchev–Trinajstić information content (AvgIpc) is 2.02. The Balaban J connectivity index is 0. The summed E-state index contributed by atoms with van der Waals surface area (Å²) < 4.78 is 0. The molecule has 0 spiro atoms. The van der Waals surface area contributed by atoms with E-state index in [0.717, 1.165) is 6.42 Å². The van der Waals surface area contributed by atoms with E-state index in [0.29, 0.717) is 0 Å². The molecule has 0 saturated carbocycles. The Bertz CT molecular complexity index is 108. The molecule has 0 unspecified atom stereocenters. The van der Waals surface area contributed by atoms with E-state index < -0.39 is 0 Å². The summed E-state index contributed by atoms with van der Waals surface area (Å²) in [6.07, 6.45) is 6.10. The van der Waals surface area contributed by atoms with Crippen molar-refractivity contribution < 1.29 is 0 Å². The second-order valence-electron chi connectivity index (χ2n) is 2.33. The Morgan fingerprint density at radius 2 is 1.82 bits per heavy atom. The lowest BCUT2D eigenvalue weighted by Gasteiger charge is -1.82. The molecule has 0 aromatic heterocycles. The zero-order valence-electron chi connectivity index (χ0n) is 8.52. The summed E-state index contributed by atoms with van der Waals surface area (Å²) in [5, 5.41) is 0. The number of nitrogens with zero attached hydrogens (tertiary/aromatic N) is 1. The second-order valence-corrected chi connectivity index (χ2v) is 2.33. The van der Waals surface area contributed by atoms with Crippen molar-refractivity contribution in [1.82, 2.24) is 0 Å². The minimum atomic E-state index is 1.09. The van der Waals surface area contributed by atoms with Crippen LogP contribution in [0.15, 0.2) is 16.8 Å². The number of hydrogen-bond acceptors (Lipinski definition) is 1. The Labute approximate surface area is 71.2 Å². The zero-order chi connectivity index (χ0) is 9.11. The number of rotatable bonds is 3. The molecule has 11 heavy (non-hydrogen) atoms. The van der Waals surface area contributed by atoms with Gasteiger partial charge in [-0.25, -0.2) is 0 Å². The average molecular weight is 155 g/mol. The van der Waals surface area contributed by atoms with E-state index >= 15 is 0 Å². The minimum Gasteiger partial charge on any atom is -0.269 e. The second kappa shape index (κ2) is 12.1. The Hall–Kier alpha value is -0.590. The van der Waals surface area contributed by atoms with Crippen LogP contribution in [0.2, 0.25) is 0 Å². The molecule has 0 N–H and O–H groups in total. The first-order valence-electron chi connectivity index (χ1n) is 4.42. The van der Waals surface area contributed by atoms with Gasteiger partial charge >= 0.3 is 0 Å². The predicted octanol–water partition coefficient (Wildman–Crippen LogP) is 3.81. The van der Waals surface area contributed by atoms with Gasteiger partial charge in [-0.15, -0.1) is 0 Å². The third kappa shape index (κ3) is 17.7. The SMILES string of the molecule is CC.CCCC=NC=C(C)C. The van der Waals surface area contributed by atoms with E-state index in [9.17, 15) is 0 Å². The van der Waals surface area contributed by atoms with Crippen molar-refractivity contribution in [2.75, 3.05) is 0 Å². The molecule has 0 aliphatic heterocycles. The molecule has 0 rings (SSSR count). The van der Waals surface area contributed by atoms with Crippen molar-refractivity contribution in [3.05, 3.63) is 11.8 Å². The van der Waals surface area contributed by atoms with Gasteiger partial charge in [-0.1, -0.05) is 32.8 Å². The van der Waals surface area contributed by atoms with Gasteiger partial charge in [-0.3, -0.25) is 4.99 Å². The van der Waals surface area contributed by atoms with Crippen LogP contribution in [0.25, 0.3) is 0 Å². The van der Waals surface area contributed by atoms with Crippen LogP contribution in [0.5, 0.6) is 0 Å². The highest BCUT2D eigenvalue weighted by molar-refractivity contribution is 5.57. The van der Waals surface area contributed by atoms with Gasteiger partial charge in [-0.2, -0.15) is 0 Å². The maximum Gasteiger partial charge on any atom is 0.0250 e. The highest BCUT2D eigenvalue weighted by atomic mass is 14.7. The zero-order valence-corrected chi connectivity index (χ0v) is 8.52. The van der Waals surface area contributed by atoms with Gasteiger partial charge in [0.25, 0.3) is 0 Å². The van der Waals surface area contributed by atoms with Crippen molar-refractivity contribution in [3.8, 4) is 0 Å². The molecule has 0 saturated heterocycles. The quantitative estimate of drug-likeness (QED) is 0.550. The molecule has 0 aromatic rings. The normalized spacial score (nSPS) is 8.82. The highest BCUT2D eigenvalue weighted by Crippen LogP contribution is 1.88. The Kier molecular flexibility index (Phi) is 14.4. The van der Waals surface area contributed by atoms with Crippen LogP contribution in [-0.4, -0.2) is 6.21 Å². The molecule has 66 valence electrons. The summed E-state index contributed by atoms with van der Waals surface area (Å²) in [6, 6.07) is 0. The van der Waals surface area contributed by atoms with Gasteiger partial charge in [0.2, 0.25) is 0 Å². The molecule has 0 heterocycles. The van der Waals surface area contributed by atoms with Crippen molar-refractivity contribution in [2.45, 2.75) is 47.5 Å². The summed E-state index contributed by atoms with van der Waals surface area (Å²) in [5.41, 5.74) is 1.25. The van der Waals surface area contributed by atoms with E-state index in [-0.39, 0.29) is 0 Å².